The van der Waals surface area contributed by atoms with Gasteiger partial charge in [-0.1, -0.05) is 0 Å². The third kappa shape index (κ3) is 0.580. The molecule has 2 aromatic heterocycles. The maximum atomic E-state index is 5.09. The van der Waals surface area contributed by atoms with Gasteiger partial charge in [0, 0.05) is 10.8 Å². The average molecular weight is 158 g/mol. The number of nitrogens with one attached hydrogen (secondary N) is 1. The van der Waals surface area contributed by atoms with Gasteiger partial charge in [0.2, 0.25) is 0 Å². The Hall–Kier alpha value is -1.77. The molecule has 2 heterocycles. The Labute approximate surface area is 68.0 Å². The SMILES string of the molecule is c1nc2c(ccc3cocc32)[nH]1. The first kappa shape index (κ1) is 5.83. The molecule has 0 spiro atoms. The predicted molar refractivity (Wildman–Crippen MR) is 45.9 cm³/mol. The van der Waals surface area contributed by atoms with Crippen LogP contribution in [0, 0.1) is 0 Å². The number of aromatic nitrogens is 2. The van der Waals surface area contributed by atoms with Crippen LogP contribution in [0.4, 0.5) is 0 Å². The zero-order valence-electron chi connectivity index (χ0n) is 6.24. The fourth-order valence-electron chi connectivity index (χ4n) is 1.45. The van der Waals surface area contributed by atoms with Crippen LogP contribution in [-0.2, 0) is 0 Å². The second-order valence-electron chi connectivity index (χ2n) is 2.74. The normalized spacial score (nSPS) is 11.3. The summed E-state index contributed by atoms with van der Waals surface area (Å²) in [6.07, 6.45) is 5.14. The summed E-state index contributed by atoms with van der Waals surface area (Å²) in [6.45, 7) is 0. The number of imidazole rings is 1. The van der Waals surface area contributed by atoms with Crippen molar-refractivity contribution in [3.63, 3.8) is 0 Å². The van der Waals surface area contributed by atoms with Gasteiger partial charge < -0.3 is 9.40 Å². The third-order valence-electron chi connectivity index (χ3n) is 2.05. The Bertz CT molecular complexity index is 486. The largest absolute Gasteiger partial charge is 0.471 e. The van der Waals surface area contributed by atoms with E-state index in [1.54, 1.807) is 18.9 Å². The van der Waals surface area contributed by atoms with Crippen molar-refractivity contribution in [2.75, 3.05) is 0 Å². The van der Waals surface area contributed by atoms with Crippen molar-refractivity contribution in [1.82, 2.24) is 9.97 Å². The van der Waals surface area contributed by atoms with Crippen LogP contribution in [0.25, 0.3) is 21.8 Å². The molecule has 0 saturated heterocycles. The van der Waals surface area contributed by atoms with Crippen molar-refractivity contribution in [2.24, 2.45) is 0 Å². The maximum absolute atomic E-state index is 5.09. The van der Waals surface area contributed by atoms with Crippen LogP contribution in [0.5, 0.6) is 0 Å². The molecular formula is C9H6N2O. The third-order valence-corrected chi connectivity index (χ3v) is 2.05. The quantitative estimate of drug-likeness (QED) is 0.545. The van der Waals surface area contributed by atoms with E-state index < -0.39 is 0 Å². The molecule has 0 saturated carbocycles. The highest BCUT2D eigenvalue weighted by atomic mass is 16.3. The summed E-state index contributed by atoms with van der Waals surface area (Å²) in [5.41, 5.74) is 2.02. The Morgan fingerprint density at radius 3 is 3.25 bits per heavy atom. The summed E-state index contributed by atoms with van der Waals surface area (Å²) >= 11 is 0. The Kier molecular flexibility index (Phi) is 0.913. The Morgan fingerprint density at radius 2 is 2.25 bits per heavy atom. The van der Waals surface area contributed by atoms with Crippen LogP contribution >= 0.6 is 0 Å². The van der Waals surface area contributed by atoms with Crippen LogP contribution in [0.1, 0.15) is 0 Å². The zero-order chi connectivity index (χ0) is 7.97. The van der Waals surface area contributed by atoms with Gasteiger partial charge >= 0.3 is 0 Å². The molecule has 1 N–H and O–H groups in total. The van der Waals surface area contributed by atoms with E-state index in [9.17, 15) is 0 Å². The van der Waals surface area contributed by atoms with Crippen molar-refractivity contribution < 1.29 is 4.42 Å². The summed E-state index contributed by atoms with van der Waals surface area (Å²) in [6, 6.07) is 4.01. The molecule has 0 aliphatic carbocycles. The standard InChI is InChI=1S/C9H6N2O/c1-2-8-9(11-5-10-8)7-4-12-3-6(1)7/h1-5H,(H,10,11). The topological polar surface area (TPSA) is 41.8 Å². The number of hydrogen-bond acceptors (Lipinski definition) is 2. The smallest absolute Gasteiger partial charge is 0.100 e. The average Bonchev–Trinajstić information content (AvgIpc) is 2.71. The highest BCUT2D eigenvalue weighted by Crippen LogP contribution is 2.22. The molecule has 1 aromatic carbocycles. The lowest BCUT2D eigenvalue weighted by molar-refractivity contribution is 0.572. The lowest BCUT2D eigenvalue weighted by atomic mass is 10.2. The maximum Gasteiger partial charge on any atom is 0.100 e. The molecule has 3 aromatic rings. The van der Waals surface area contributed by atoms with Crippen molar-refractivity contribution >= 4 is 21.8 Å². The van der Waals surface area contributed by atoms with Crippen LogP contribution in [0.3, 0.4) is 0 Å². The van der Waals surface area contributed by atoms with Crippen molar-refractivity contribution in [3.8, 4) is 0 Å². The Morgan fingerprint density at radius 1 is 1.25 bits per heavy atom. The second-order valence-corrected chi connectivity index (χ2v) is 2.74. The number of furan rings is 1. The lowest BCUT2D eigenvalue weighted by Gasteiger charge is -1.87. The molecule has 12 heavy (non-hydrogen) atoms. The summed E-state index contributed by atoms with van der Waals surface area (Å²) < 4.78 is 5.09. The van der Waals surface area contributed by atoms with E-state index in [2.05, 4.69) is 9.97 Å². The van der Waals surface area contributed by atoms with E-state index in [1.807, 2.05) is 12.1 Å². The first-order chi connectivity index (χ1) is 5.95. The van der Waals surface area contributed by atoms with Crippen LogP contribution < -0.4 is 0 Å². The van der Waals surface area contributed by atoms with Gasteiger partial charge in [-0.3, -0.25) is 0 Å². The molecule has 0 fully saturated rings. The number of benzene rings is 1. The minimum Gasteiger partial charge on any atom is -0.471 e. The van der Waals surface area contributed by atoms with E-state index in [-0.39, 0.29) is 0 Å². The van der Waals surface area contributed by atoms with E-state index in [0.29, 0.717) is 0 Å². The summed E-state index contributed by atoms with van der Waals surface area (Å²) in [4.78, 5) is 7.25. The summed E-state index contributed by atoms with van der Waals surface area (Å²) in [7, 11) is 0. The number of hydrogen-bond donors (Lipinski definition) is 1. The van der Waals surface area contributed by atoms with E-state index in [1.165, 1.54) is 0 Å². The van der Waals surface area contributed by atoms with Gasteiger partial charge in [-0.2, -0.15) is 0 Å². The van der Waals surface area contributed by atoms with Gasteiger partial charge in [0.05, 0.1) is 23.6 Å². The number of rotatable bonds is 0. The highest BCUT2D eigenvalue weighted by molar-refractivity contribution is 6.03. The number of fused-ring (bicyclic) bond motifs is 3. The lowest BCUT2D eigenvalue weighted by Crippen LogP contribution is -1.69. The van der Waals surface area contributed by atoms with Gasteiger partial charge in [0.1, 0.15) is 6.26 Å². The first-order valence-corrected chi connectivity index (χ1v) is 3.73. The molecule has 3 heteroatoms. The molecule has 3 nitrogen and oxygen atoms in total. The van der Waals surface area contributed by atoms with Crippen molar-refractivity contribution in [3.05, 3.63) is 31.0 Å². The number of H-pyrrole nitrogens is 1. The van der Waals surface area contributed by atoms with E-state index in [4.69, 9.17) is 4.42 Å². The molecule has 3 rings (SSSR count). The minimum atomic E-state index is 0.973. The van der Waals surface area contributed by atoms with Crippen molar-refractivity contribution in [1.29, 1.82) is 0 Å². The first-order valence-electron chi connectivity index (χ1n) is 3.73. The number of aromatic amines is 1. The Balaban J connectivity index is 2.71. The number of nitrogens with zero attached hydrogens (tertiary/aromatic N) is 1. The fourth-order valence-corrected chi connectivity index (χ4v) is 1.45. The van der Waals surface area contributed by atoms with Gasteiger partial charge in [-0.15, -0.1) is 0 Å². The summed E-state index contributed by atoms with van der Waals surface area (Å²) in [5.74, 6) is 0. The van der Waals surface area contributed by atoms with Gasteiger partial charge in [0.25, 0.3) is 0 Å². The van der Waals surface area contributed by atoms with Crippen molar-refractivity contribution in [2.45, 2.75) is 0 Å². The monoisotopic (exact) mass is 158 g/mol. The van der Waals surface area contributed by atoms with Crippen LogP contribution in [-0.4, -0.2) is 9.97 Å². The predicted octanol–water partition coefficient (Wildman–Crippen LogP) is 2.31. The zero-order valence-corrected chi connectivity index (χ0v) is 6.24. The van der Waals surface area contributed by atoms with E-state index >= 15 is 0 Å². The molecule has 0 atom stereocenters. The molecule has 0 aliphatic rings. The molecular weight excluding hydrogens is 152 g/mol. The van der Waals surface area contributed by atoms with Gasteiger partial charge in [-0.25, -0.2) is 4.98 Å². The fraction of sp³-hybridized carbons (Fsp3) is 0. The summed E-state index contributed by atoms with van der Waals surface area (Å²) in [5, 5.41) is 2.16. The molecule has 58 valence electrons. The molecule has 0 aliphatic heterocycles. The molecule has 0 radical (unpaired) electrons. The van der Waals surface area contributed by atoms with Crippen LogP contribution in [0.2, 0.25) is 0 Å². The molecule has 0 bridgehead atoms. The molecule has 0 amide bonds. The van der Waals surface area contributed by atoms with Gasteiger partial charge in [0.15, 0.2) is 0 Å². The minimum absolute atomic E-state index is 0.973. The van der Waals surface area contributed by atoms with E-state index in [0.717, 1.165) is 21.8 Å². The second kappa shape index (κ2) is 1.88. The molecule has 0 unspecified atom stereocenters. The van der Waals surface area contributed by atoms with Gasteiger partial charge in [-0.05, 0) is 12.1 Å². The van der Waals surface area contributed by atoms with Crippen LogP contribution in [0.15, 0.2) is 35.4 Å². The highest BCUT2D eigenvalue weighted by Gasteiger charge is 2.02.